The summed E-state index contributed by atoms with van der Waals surface area (Å²) in [5.74, 6) is 0. The van der Waals surface area contributed by atoms with Gasteiger partial charge in [0, 0.05) is 0 Å². The van der Waals surface area contributed by atoms with Gasteiger partial charge in [-0.05, 0) is 24.1 Å². The van der Waals surface area contributed by atoms with E-state index < -0.39 is 0 Å². The zero-order valence-corrected chi connectivity index (χ0v) is 12.5. The van der Waals surface area contributed by atoms with Crippen LogP contribution >= 0.6 is 0 Å². The standard InChI is InChI=1S/C19H22N2/c1-2-3-5-13-18(16-10-6-4-7-11-16)21-19-14-9-8-12-17(19)15-20/h4,6-12,14,18,21H,2-3,5,13H2,1H3. The van der Waals surface area contributed by atoms with Crippen LogP contribution < -0.4 is 5.32 Å². The molecule has 2 nitrogen and oxygen atoms in total. The van der Waals surface area contributed by atoms with Gasteiger partial charge < -0.3 is 5.32 Å². The fraction of sp³-hybridized carbons (Fsp3) is 0.316. The van der Waals surface area contributed by atoms with Crippen molar-refractivity contribution in [3.63, 3.8) is 0 Å². The van der Waals surface area contributed by atoms with Crippen molar-refractivity contribution in [2.24, 2.45) is 0 Å². The molecule has 0 saturated heterocycles. The third-order valence-electron chi connectivity index (χ3n) is 3.68. The van der Waals surface area contributed by atoms with Crippen LogP contribution in [-0.4, -0.2) is 0 Å². The molecule has 0 radical (unpaired) electrons. The summed E-state index contributed by atoms with van der Waals surface area (Å²) in [4.78, 5) is 0. The quantitative estimate of drug-likeness (QED) is 0.698. The Morgan fingerprint density at radius 2 is 1.71 bits per heavy atom. The topological polar surface area (TPSA) is 35.8 Å². The summed E-state index contributed by atoms with van der Waals surface area (Å²) in [6, 6.07) is 20.7. The minimum atomic E-state index is 0.257. The van der Waals surface area contributed by atoms with Gasteiger partial charge in [-0.15, -0.1) is 0 Å². The van der Waals surface area contributed by atoms with Crippen LogP contribution in [0.1, 0.15) is 49.8 Å². The number of nitrogens with zero attached hydrogens (tertiary/aromatic N) is 1. The van der Waals surface area contributed by atoms with Gasteiger partial charge in [0.15, 0.2) is 0 Å². The fourth-order valence-corrected chi connectivity index (χ4v) is 2.50. The van der Waals surface area contributed by atoms with Crippen molar-refractivity contribution in [1.29, 1.82) is 5.26 Å². The van der Waals surface area contributed by atoms with E-state index in [0.29, 0.717) is 5.56 Å². The van der Waals surface area contributed by atoms with Crippen molar-refractivity contribution in [3.05, 3.63) is 65.7 Å². The summed E-state index contributed by atoms with van der Waals surface area (Å²) in [5.41, 5.74) is 2.90. The number of hydrogen-bond donors (Lipinski definition) is 1. The van der Waals surface area contributed by atoms with Gasteiger partial charge in [-0.2, -0.15) is 5.26 Å². The highest BCUT2D eigenvalue weighted by Gasteiger charge is 2.12. The van der Waals surface area contributed by atoms with Gasteiger partial charge in [0.25, 0.3) is 0 Å². The van der Waals surface area contributed by atoms with Crippen molar-refractivity contribution in [2.45, 2.75) is 38.6 Å². The highest BCUT2D eigenvalue weighted by Crippen LogP contribution is 2.26. The first-order valence-electron chi connectivity index (χ1n) is 7.65. The molecule has 0 heterocycles. The highest BCUT2D eigenvalue weighted by atomic mass is 14.9. The van der Waals surface area contributed by atoms with Crippen LogP contribution in [-0.2, 0) is 0 Å². The fourth-order valence-electron chi connectivity index (χ4n) is 2.50. The number of rotatable bonds is 7. The lowest BCUT2D eigenvalue weighted by atomic mass is 9.99. The first kappa shape index (κ1) is 15.1. The Labute approximate surface area is 127 Å². The molecule has 2 heteroatoms. The second-order valence-electron chi connectivity index (χ2n) is 5.26. The maximum absolute atomic E-state index is 9.23. The molecule has 0 aliphatic carbocycles. The SMILES string of the molecule is CCCCCC(Nc1ccccc1C#N)c1ccccc1. The number of nitriles is 1. The summed E-state index contributed by atoms with van der Waals surface area (Å²) in [6.07, 6.45) is 4.73. The molecule has 108 valence electrons. The zero-order chi connectivity index (χ0) is 14.9. The molecule has 0 bridgehead atoms. The Morgan fingerprint density at radius 3 is 2.43 bits per heavy atom. The van der Waals surface area contributed by atoms with E-state index >= 15 is 0 Å². The normalized spacial score (nSPS) is 11.6. The second kappa shape index (κ2) is 8.11. The first-order chi connectivity index (χ1) is 10.3. The van der Waals surface area contributed by atoms with E-state index in [2.05, 4.69) is 42.6 Å². The molecule has 0 aliphatic heterocycles. The number of para-hydroxylation sites is 1. The molecule has 1 unspecified atom stereocenters. The Bertz CT molecular complexity index is 584. The Balaban J connectivity index is 2.18. The van der Waals surface area contributed by atoms with Gasteiger partial charge in [-0.25, -0.2) is 0 Å². The number of hydrogen-bond acceptors (Lipinski definition) is 2. The van der Waals surface area contributed by atoms with Gasteiger partial charge in [0.2, 0.25) is 0 Å². The molecule has 0 aliphatic rings. The minimum absolute atomic E-state index is 0.257. The average Bonchev–Trinajstić information content (AvgIpc) is 2.55. The third-order valence-corrected chi connectivity index (χ3v) is 3.68. The molecule has 21 heavy (non-hydrogen) atoms. The predicted molar refractivity (Wildman–Crippen MR) is 88.1 cm³/mol. The number of unbranched alkanes of at least 4 members (excludes halogenated alkanes) is 2. The Morgan fingerprint density at radius 1 is 1.00 bits per heavy atom. The maximum atomic E-state index is 9.23. The van der Waals surface area contributed by atoms with Crippen LogP contribution in [0.2, 0.25) is 0 Å². The molecule has 0 fully saturated rings. The molecule has 0 saturated carbocycles. The van der Waals surface area contributed by atoms with Crippen molar-refractivity contribution >= 4 is 5.69 Å². The van der Waals surface area contributed by atoms with E-state index in [1.165, 1.54) is 24.8 Å². The molecule has 1 N–H and O–H groups in total. The molecule has 0 spiro atoms. The Kier molecular flexibility index (Phi) is 5.84. The molecule has 2 aromatic rings. The monoisotopic (exact) mass is 278 g/mol. The van der Waals surface area contributed by atoms with E-state index in [1.54, 1.807) is 0 Å². The van der Waals surface area contributed by atoms with E-state index in [4.69, 9.17) is 0 Å². The van der Waals surface area contributed by atoms with E-state index in [-0.39, 0.29) is 6.04 Å². The predicted octanol–water partition coefficient (Wildman–Crippen LogP) is 5.29. The minimum Gasteiger partial charge on any atom is -0.377 e. The summed E-state index contributed by atoms with van der Waals surface area (Å²) < 4.78 is 0. The van der Waals surface area contributed by atoms with Crippen molar-refractivity contribution in [2.75, 3.05) is 5.32 Å². The lowest BCUT2D eigenvalue weighted by Crippen LogP contribution is -2.11. The maximum Gasteiger partial charge on any atom is 0.101 e. The van der Waals surface area contributed by atoms with Crippen LogP contribution in [0.3, 0.4) is 0 Å². The van der Waals surface area contributed by atoms with Crippen molar-refractivity contribution in [3.8, 4) is 6.07 Å². The summed E-state index contributed by atoms with van der Waals surface area (Å²) in [6.45, 7) is 2.22. The first-order valence-corrected chi connectivity index (χ1v) is 7.65. The van der Waals surface area contributed by atoms with Crippen molar-refractivity contribution in [1.82, 2.24) is 0 Å². The van der Waals surface area contributed by atoms with Crippen LogP contribution in [0.15, 0.2) is 54.6 Å². The number of anilines is 1. The molecule has 0 aromatic heterocycles. The van der Waals surface area contributed by atoms with E-state index in [0.717, 1.165) is 12.1 Å². The van der Waals surface area contributed by atoms with Crippen LogP contribution in [0, 0.1) is 11.3 Å². The smallest absolute Gasteiger partial charge is 0.101 e. The molecular weight excluding hydrogens is 256 g/mol. The van der Waals surface area contributed by atoms with Gasteiger partial charge in [-0.1, -0.05) is 68.7 Å². The van der Waals surface area contributed by atoms with E-state index in [1.807, 2.05) is 30.3 Å². The van der Waals surface area contributed by atoms with Gasteiger partial charge in [0.05, 0.1) is 17.3 Å². The molecule has 2 aromatic carbocycles. The van der Waals surface area contributed by atoms with Crippen LogP contribution in [0.5, 0.6) is 0 Å². The summed E-state index contributed by atoms with van der Waals surface area (Å²) >= 11 is 0. The van der Waals surface area contributed by atoms with Gasteiger partial charge in [-0.3, -0.25) is 0 Å². The van der Waals surface area contributed by atoms with Crippen LogP contribution in [0.25, 0.3) is 0 Å². The molecule has 0 amide bonds. The van der Waals surface area contributed by atoms with Gasteiger partial charge in [0.1, 0.15) is 6.07 Å². The zero-order valence-electron chi connectivity index (χ0n) is 12.5. The lowest BCUT2D eigenvalue weighted by Gasteiger charge is -2.21. The third kappa shape index (κ3) is 4.36. The second-order valence-corrected chi connectivity index (χ2v) is 5.26. The summed E-state index contributed by atoms with van der Waals surface area (Å²) in [5, 5.41) is 12.8. The number of benzene rings is 2. The van der Waals surface area contributed by atoms with Crippen LogP contribution in [0.4, 0.5) is 5.69 Å². The van der Waals surface area contributed by atoms with E-state index in [9.17, 15) is 5.26 Å². The molecular formula is C19H22N2. The lowest BCUT2D eigenvalue weighted by molar-refractivity contribution is 0.606. The number of nitrogens with one attached hydrogen (secondary N) is 1. The summed E-state index contributed by atoms with van der Waals surface area (Å²) in [7, 11) is 0. The van der Waals surface area contributed by atoms with Crippen molar-refractivity contribution < 1.29 is 0 Å². The molecule has 2 rings (SSSR count). The largest absolute Gasteiger partial charge is 0.377 e. The Hall–Kier alpha value is -2.27. The molecule has 1 atom stereocenters. The highest BCUT2D eigenvalue weighted by molar-refractivity contribution is 5.58. The average molecular weight is 278 g/mol. The van der Waals surface area contributed by atoms with Gasteiger partial charge >= 0.3 is 0 Å².